The Hall–Kier alpha value is -1.37. The molecule has 7 heteroatoms. The van der Waals surface area contributed by atoms with Gasteiger partial charge in [0.2, 0.25) is 5.95 Å². The summed E-state index contributed by atoms with van der Waals surface area (Å²) in [6, 6.07) is 1.05. The lowest BCUT2D eigenvalue weighted by atomic mass is 10.0. The fourth-order valence-corrected chi connectivity index (χ4v) is 3.59. The molecule has 0 unspecified atom stereocenters. The third-order valence-electron chi connectivity index (χ3n) is 4.86. The maximum Gasteiger partial charge on any atom is 0.433 e. The molecule has 1 N–H and O–H groups in total. The van der Waals surface area contributed by atoms with E-state index in [-0.39, 0.29) is 12.0 Å². The number of likely N-dealkylation sites (tertiary alicyclic amines) is 1. The van der Waals surface area contributed by atoms with Gasteiger partial charge < -0.3 is 10.2 Å². The molecule has 1 aromatic heterocycles. The molecule has 2 heterocycles. The van der Waals surface area contributed by atoms with Crippen molar-refractivity contribution in [3.63, 3.8) is 0 Å². The van der Waals surface area contributed by atoms with Crippen LogP contribution in [0.4, 0.5) is 19.1 Å². The Kier molecular flexibility index (Phi) is 5.04. The van der Waals surface area contributed by atoms with E-state index in [1.54, 1.807) is 0 Å². The molecule has 1 aliphatic carbocycles. The van der Waals surface area contributed by atoms with Crippen LogP contribution in [-0.4, -0.2) is 40.5 Å². The van der Waals surface area contributed by atoms with Crippen molar-refractivity contribution in [1.29, 1.82) is 0 Å². The minimum atomic E-state index is -4.43. The molecule has 0 atom stereocenters. The van der Waals surface area contributed by atoms with Crippen LogP contribution in [-0.2, 0) is 6.18 Å². The summed E-state index contributed by atoms with van der Waals surface area (Å²) in [5.41, 5.74) is -0.895. The van der Waals surface area contributed by atoms with E-state index in [4.69, 9.17) is 0 Å². The second-order valence-electron chi connectivity index (χ2n) is 6.63. The minimum absolute atomic E-state index is 0.0778. The molecular weight excluding hydrogens is 305 g/mol. The Bertz CT molecular complexity index is 506. The first-order valence-electron chi connectivity index (χ1n) is 8.40. The zero-order valence-corrected chi connectivity index (χ0v) is 13.1. The first-order valence-corrected chi connectivity index (χ1v) is 8.40. The quantitative estimate of drug-likeness (QED) is 0.917. The lowest BCUT2D eigenvalue weighted by Crippen LogP contribution is -2.41. The van der Waals surface area contributed by atoms with Gasteiger partial charge in [-0.1, -0.05) is 12.8 Å². The molecule has 0 spiro atoms. The maximum absolute atomic E-state index is 12.7. The summed E-state index contributed by atoms with van der Waals surface area (Å²) in [6.45, 7) is 3.16. The van der Waals surface area contributed by atoms with Gasteiger partial charge in [-0.05, 0) is 37.7 Å². The highest BCUT2D eigenvalue weighted by atomic mass is 19.4. The summed E-state index contributed by atoms with van der Waals surface area (Å²) in [4.78, 5) is 9.98. The van der Waals surface area contributed by atoms with E-state index >= 15 is 0 Å². The SMILES string of the molecule is FC(F)(F)c1ccnc(NC2CCN(CC3CCCC3)CC2)n1. The van der Waals surface area contributed by atoms with Crippen LogP contribution in [0.25, 0.3) is 0 Å². The average Bonchev–Trinajstić information content (AvgIpc) is 3.02. The Morgan fingerprint density at radius 3 is 2.48 bits per heavy atom. The van der Waals surface area contributed by atoms with Gasteiger partial charge >= 0.3 is 6.18 Å². The maximum atomic E-state index is 12.7. The summed E-state index contributed by atoms with van der Waals surface area (Å²) in [5, 5.41) is 3.06. The molecule has 0 radical (unpaired) electrons. The molecule has 1 aliphatic heterocycles. The van der Waals surface area contributed by atoms with Crippen LogP contribution in [0.1, 0.15) is 44.2 Å². The molecule has 2 fully saturated rings. The monoisotopic (exact) mass is 328 g/mol. The smallest absolute Gasteiger partial charge is 0.351 e. The fraction of sp³-hybridized carbons (Fsp3) is 0.750. The van der Waals surface area contributed by atoms with Crippen molar-refractivity contribution in [2.24, 2.45) is 5.92 Å². The molecule has 4 nitrogen and oxygen atoms in total. The summed E-state index contributed by atoms with van der Waals surface area (Å²) in [6.07, 6.45) is 3.98. The van der Waals surface area contributed by atoms with E-state index in [1.165, 1.54) is 32.2 Å². The molecule has 1 aromatic rings. The van der Waals surface area contributed by atoms with Gasteiger partial charge in [-0.15, -0.1) is 0 Å². The van der Waals surface area contributed by atoms with E-state index in [1.807, 2.05) is 0 Å². The molecule has 2 aliphatic rings. The lowest BCUT2D eigenvalue weighted by molar-refractivity contribution is -0.141. The van der Waals surface area contributed by atoms with Crippen molar-refractivity contribution >= 4 is 5.95 Å². The Labute approximate surface area is 134 Å². The number of hydrogen-bond acceptors (Lipinski definition) is 4. The standard InChI is InChI=1S/C16H23F3N4/c17-16(18,19)14-5-8-20-15(22-14)21-13-6-9-23(10-7-13)11-12-3-1-2-4-12/h5,8,12-13H,1-4,6-7,9-11H2,(H,20,21,22). The van der Waals surface area contributed by atoms with Gasteiger partial charge in [0, 0.05) is 31.9 Å². The Morgan fingerprint density at radius 2 is 1.83 bits per heavy atom. The van der Waals surface area contributed by atoms with E-state index in [9.17, 15) is 13.2 Å². The fourth-order valence-electron chi connectivity index (χ4n) is 3.59. The highest BCUT2D eigenvalue weighted by Crippen LogP contribution is 2.28. The van der Waals surface area contributed by atoms with Crippen LogP contribution < -0.4 is 5.32 Å². The van der Waals surface area contributed by atoms with Crippen LogP contribution in [0.5, 0.6) is 0 Å². The molecule has 1 saturated carbocycles. The highest BCUT2D eigenvalue weighted by Gasteiger charge is 2.33. The first-order chi connectivity index (χ1) is 11.0. The molecule has 3 rings (SSSR count). The normalized spacial score (nSPS) is 21.7. The molecular formula is C16H23F3N4. The van der Waals surface area contributed by atoms with E-state index in [0.717, 1.165) is 44.1 Å². The Morgan fingerprint density at radius 1 is 1.13 bits per heavy atom. The van der Waals surface area contributed by atoms with Gasteiger partial charge in [0.25, 0.3) is 0 Å². The number of piperidine rings is 1. The van der Waals surface area contributed by atoms with E-state index in [2.05, 4.69) is 20.2 Å². The van der Waals surface area contributed by atoms with Gasteiger partial charge in [0.05, 0.1) is 0 Å². The van der Waals surface area contributed by atoms with Gasteiger partial charge in [-0.25, -0.2) is 9.97 Å². The molecule has 0 amide bonds. The summed E-state index contributed by atoms with van der Waals surface area (Å²) in [7, 11) is 0. The number of nitrogens with zero attached hydrogens (tertiary/aromatic N) is 3. The van der Waals surface area contributed by atoms with Crippen molar-refractivity contribution in [3.05, 3.63) is 18.0 Å². The predicted octanol–water partition coefficient (Wildman–Crippen LogP) is 3.56. The van der Waals surface area contributed by atoms with Crippen LogP contribution >= 0.6 is 0 Å². The largest absolute Gasteiger partial charge is 0.433 e. The number of alkyl halides is 3. The van der Waals surface area contributed by atoms with Crippen LogP contribution in [0, 0.1) is 5.92 Å². The number of hydrogen-bond donors (Lipinski definition) is 1. The van der Waals surface area contributed by atoms with Crippen molar-refractivity contribution in [3.8, 4) is 0 Å². The number of nitrogens with one attached hydrogen (secondary N) is 1. The molecule has 0 aromatic carbocycles. The molecule has 23 heavy (non-hydrogen) atoms. The van der Waals surface area contributed by atoms with Crippen LogP contribution in [0.15, 0.2) is 12.3 Å². The second-order valence-corrected chi connectivity index (χ2v) is 6.63. The van der Waals surface area contributed by atoms with Gasteiger partial charge in [-0.3, -0.25) is 0 Å². The highest BCUT2D eigenvalue weighted by molar-refractivity contribution is 5.27. The topological polar surface area (TPSA) is 41.1 Å². The average molecular weight is 328 g/mol. The summed E-state index contributed by atoms with van der Waals surface area (Å²) in [5.74, 6) is 0.917. The second kappa shape index (κ2) is 7.03. The van der Waals surface area contributed by atoms with Crippen molar-refractivity contribution in [2.75, 3.05) is 25.0 Å². The number of halogens is 3. The van der Waals surface area contributed by atoms with Gasteiger partial charge in [-0.2, -0.15) is 13.2 Å². The number of rotatable bonds is 4. The lowest BCUT2D eigenvalue weighted by Gasteiger charge is -2.33. The predicted molar refractivity (Wildman–Crippen MR) is 82.1 cm³/mol. The first kappa shape index (κ1) is 16.5. The van der Waals surface area contributed by atoms with Crippen molar-refractivity contribution in [2.45, 2.75) is 50.7 Å². The zero-order chi connectivity index (χ0) is 16.3. The number of aromatic nitrogens is 2. The minimum Gasteiger partial charge on any atom is -0.351 e. The molecule has 128 valence electrons. The van der Waals surface area contributed by atoms with Crippen molar-refractivity contribution < 1.29 is 13.2 Å². The van der Waals surface area contributed by atoms with E-state index in [0.29, 0.717) is 0 Å². The van der Waals surface area contributed by atoms with E-state index < -0.39 is 11.9 Å². The third-order valence-corrected chi connectivity index (χ3v) is 4.86. The van der Waals surface area contributed by atoms with Crippen molar-refractivity contribution in [1.82, 2.24) is 14.9 Å². The van der Waals surface area contributed by atoms with Crippen LogP contribution in [0.3, 0.4) is 0 Å². The van der Waals surface area contributed by atoms with Gasteiger partial charge in [0.15, 0.2) is 0 Å². The van der Waals surface area contributed by atoms with Gasteiger partial charge in [0.1, 0.15) is 5.69 Å². The zero-order valence-electron chi connectivity index (χ0n) is 13.1. The Balaban J connectivity index is 1.48. The third kappa shape index (κ3) is 4.56. The molecule has 1 saturated heterocycles. The van der Waals surface area contributed by atoms with Crippen LogP contribution in [0.2, 0.25) is 0 Å². The number of anilines is 1. The summed E-state index contributed by atoms with van der Waals surface area (Å²) >= 11 is 0. The molecule has 0 bridgehead atoms. The summed E-state index contributed by atoms with van der Waals surface area (Å²) < 4.78 is 38.0.